The summed E-state index contributed by atoms with van der Waals surface area (Å²) in [4.78, 5) is 20.7. The fraction of sp³-hybridized carbons (Fsp3) is 0.333. The zero-order valence-electron chi connectivity index (χ0n) is 23.6. The number of aromatic nitrogens is 3. The number of hydrogen-bond donors (Lipinski definition) is 1. The summed E-state index contributed by atoms with van der Waals surface area (Å²) in [5, 5.41) is 11.5. The number of aromatic hydroxyl groups is 1. The lowest BCUT2D eigenvalue weighted by Gasteiger charge is -2.43. The molecule has 0 aliphatic carbocycles. The number of imidazole rings is 1. The quantitative estimate of drug-likeness (QED) is 0.296. The smallest absolute Gasteiger partial charge is 0.388 e. The molecule has 222 valence electrons. The lowest BCUT2D eigenvalue weighted by Crippen LogP contribution is -2.53. The summed E-state index contributed by atoms with van der Waals surface area (Å²) in [6, 6.07) is 8.67. The summed E-state index contributed by atoms with van der Waals surface area (Å²) in [6.45, 7) is 5.74. The van der Waals surface area contributed by atoms with Gasteiger partial charge in [0.25, 0.3) is 0 Å². The fourth-order valence-electron chi connectivity index (χ4n) is 5.16. The Morgan fingerprint density at radius 2 is 1.64 bits per heavy atom. The number of phenols is 1. The van der Waals surface area contributed by atoms with E-state index in [9.17, 15) is 23.1 Å². The second-order valence-electron chi connectivity index (χ2n) is 11.1. The summed E-state index contributed by atoms with van der Waals surface area (Å²) in [5.74, 6) is -1.12. The monoisotopic (exact) mass is 601 g/mol. The molecule has 1 N–H and O–H groups in total. The molecule has 0 radical (unpaired) electrons. The Morgan fingerprint density at radius 1 is 0.976 bits per heavy atom. The van der Waals surface area contributed by atoms with Gasteiger partial charge in [-0.1, -0.05) is 17.7 Å². The van der Waals surface area contributed by atoms with Gasteiger partial charge in [0.15, 0.2) is 0 Å². The molecule has 3 heterocycles. The van der Waals surface area contributed by atoms with Gasteiger partial charge < -0.3 is 19.3 Å². The fourth-order valence-corrected chi connectivity index (χ4v) is 5.44. The third-order valence-corrected chi connectivity index (χ3v) is 7.76. The third kappa shape index (κ3) is 5.84. The predicted molar refractivity (Wildman–Crippen MR) is 156 cm³/mol. The van der Waals surface area contributed by atoms with Crippen LogP contribution in [0, 0.1) is 5.82 Å². The van der Waals surface area contributed by atoms with Crippen molar-refractivity contribution in [1.29, 1.82) is 0 Å². The summed E-state index contributed by atoms with van der Waals surface area (Å²) in [6.07, 6.45) is 4.44. The molecule has 5 rings (SSSR count). The van der Waals surface area contributed by atoms with Gasteiger partial charge in [0.1, 0.15) is 17.3 Å². The minimum Gasteiger partial charge on any atom is -0.507 e. The van der Waals surface area contributed by atoms with Gasteiger partial charge in [-0.15, -0.1) is 0 Å². The number of hydrogen-bond acceptors (Lipinski definition) is 6. The molecule has 12 heteroatoms. The molecular weight excluding hydrogens is 571 g/mol. The molecule has 2 aromatic heterocycles. The van der Waals surface area contributed by atoms with E-state index in [0.717, 1.165) is 6.07 Å². The van der Waals surface area contributed by atoms with E-state index in [2.05, 4.69) is 30.7 Å². The van der Waals surface area contributed by atoms with Gasteiger partial charge in [-0.2, -0.15) is 8.78 Å². The Kier molecular flexibility index (Phi) is 8.00. The second-order valence-corrected chi connectivity index (χ2v) is 11.6. The van der Waals surface area contributed by atoms with Crippen LogP contribution in [0.2, 0.25) is 5.02 Å². The molecule has 42 heavy (non-hydrogen) atoms. The maximum Gasteiger partial charge on any atom is 0.388 e. The van der Waals surface area contributed by atoms with Crippen molar-refractivity contribution >= 4 is 17.3 Å². The van der Waals surface area contributed by atoms with E-state index < -0.39 is 12.4 Å². The highest BCUT2D eigenvalue weighted by Gasteiger charge is 2.28. The molecule has 1 saturated heterocycles. The van der Waals surface area contributed by atoms with E-state index >= 15 is 0 Å². The van der Waals surface area contributed by atoms with Crippen LogP contribution < -0.4 is 15.3 Å². The highest BCUT2D eigenvalue weighted by atomic mass is 35.5. The minimum atomic E-state index is -3.08. The lowest BCUT2D eigenvalue weighted by atomic mass is 9.97. The van der Waals surface area contributed by atoms with Crippen LogP contribution >= 0.6 is 11.6 Å². The number of rotatable bonds is 6. The molecule has 1 fully saturated rings. The SMILES string of the molecule is Cn1ccn(-c2ccc(-c3cc(F)cc(-c4cnc(OC(F)F)c(N5CCN(C(C)(C)C)CC5)c4)c3O)cc2Cl)c1=O. The summed E-state index contributed by atoms with van der Waals surface area (Å²) < 4.78 is 49.0. The number of anilines is 1. The van der Waals surface area contributed by atoms with Crippen LogP contribution in [0.15, 0.2) is 59.8 Å². The maximum atomic E-state index is 15.0. The first kappa shape index (κ1) is 29.5. The third-order valence-electron chi connectivity index (χ3n) is 7.45. The molecule has 0 amide bonds. The predicted octanol–water partition coefficient (Wildman–Crippen LogP) is 5.93. The van der Waals surface area contributed by atoms with E-state index in [1.54, 1.807) is 37.6 Å². The summed E-state index contributed by atoms with van der Waals surface area (Å²) >= 11 is 6.51. The van der Waals surface area contributed by atoms with Crippen molar-refractivity contribution in [2.45, 2.75) is 32.9 Å². The van der Waals surface area contributed by atoms with Gasteiger partial charge in [0.05, 0.1) is 10.7 Å². The van der Waals surface area contributed by atoms with Crippen LogP contribution in [0.3, 0.4) is 0 Å². The molecule has 1 aliphatic heterocycles. The van der Waals surface area contributed by atoms with Crippen LogP contribution in [-0.4, -0.2) is 62.5 Å². The summed E-state index contributed by atoms with van der Waals surface area (Å²) in [7, 11) is 1.62. The molecule has 4 aromatic rings. The highest BCUT2D eigenvalue weighted by Crippen LogP contribution is 2.42. The number of piperazine rings is 1. The van der Waals surface area contributed by atoms with Crippen molar-refractivity contribution in [2.24, 2.45) is 7.05 Å². The van der Waals surface area contributed by atoms with Crippen molar-refractivity contribution < 1.29 is 23.0 Å². The van der Waals surface area contributed by atoms with Crippen LogP contribution in [0.1, 0.15) is 20.8 Å². The van der Waals surface area contributed by atoms with Crippen LogP contribution in [0.5, 0.6) is 11.6 Å². The molecular formula is C30H31ClF3N5O3. The van der Waals surface area contributed by atoms with Crippen LogP contribution in [0.4, 0.5) is 18.9 Å². The van der Waals surface area contributed by atoms with Crippen molar-refractivity contribution in [3.05, 3.63) is 76.3 Å². The number of ether oxygens (including phenoxy) is 1. The topological polar surface area (TPSA) is 75.8 Å². The first-order valence-corrected chi connectivity index (χ1v) is 13.7. The van der Waals surface area contributed by atoms with E-state index in [4.69, 9.17) is 16.3 Å². The zero-order valence-corrected chi connectivity index (χ0v) is 24.4. The Hall–Kier alpha value is -3.96. The van der Waals surface area contributed by atoms with Crippen molar-refractivity contribution in [2.75, 3.05) is 31.1 Å². The number of phenolic OH excluding ortho intramolecular Hbond substituents is 1. The minimum absolute atomic E-state index is 0.0452. The first-order valence-electron chi connectivity index (χ1n) is 13.4. The van der Waals surface area contributed by atoms with Crippen molar-refractivity contribution in [1.82, 2.24) is 19.0 Å². The van der Waals surface area contributed by atoms with Gasteiger partial charge >= 0.3 is 12.3 Å². The number of benzene rings is 2. The maximum absolute atomic E-state index is 15.0. The number of pyridine rings is 1. The molecule has 0 bridgehead atoms. The van der Waals surface area contributed by atoms with Gasteiger partial charge in [-0.05, 0) is 56.7 Å². The average molecular weight is 602 g/mol. The number of halogens is 4. The van der Waals surface area contributed by atoms with E-state index in [1.807, 2.05) is 4.90 Å². The molecule has 0 atom stereocenters. The van der Waals surface area contributed by atoms with Crippen LogP contribution in [-0.2, 0) is 7.05 Å². The first-order chi connectivity index (χ1) is 19.8. The van der Waals surface area contributed by atoms with E-state index in [-0.39, 0.29) is 39.0 Å². The number of aryl methyl sites for hydroxylation is 1. The molecule has 0 spiro atoms. The zero-order chi connectivity index (χ0) is 30.3. The van der Waals surface area contributed by atoms with E-state index in [0.29, 0.717) is 48.7 Å². The van der Waals surface area contributed by atoms with E-state index in [1.165, 1.54) is 27.5 Å². The molecule has 2 aromatic carbocycles. The van der Waals surface area contributed by atoms with Gasteiger partial charge in [-0.25, -0.2) is 14.2 Å². The summed E-state index contributed by atoms with van der Waals surface area (Å²) in [5.41, 5.74) is 1.43. The lowest BCUT2D eigenvalue weighted by molar-refractivity contribution is -0.0525. The second kappa shape index (κ2) is 11.4. The molecule has 0 saturated carbocycles. The Morgan fingerprint density at radius 3 is 2.21 bits per heavy atom. The normalized spacial score (nSPS) is 14.5. The Labute approximate surface area is 246 Å². The largest absolute Gasteiger partial charge is 0.507 e. The van der Waals surface area contributed by atoms with Crippen molar-refractivity contribution in [3.8, 4) is 39.6 Å². The standard InChI is InChI=1S/C30H31ClF3N5O3/c1-30(2,3)38-10-8-37(9-11-38)25-14-19(17-35-27(25)42-28(33)34)22-16-20(32)15-21(26(22)40)18-5-6-24(23(31)13-18)39-12-7-36(4)29(39)41/h5-7,12-17,28,40H,8-11H2,1-4H3. The van der Waals surface area contributed by atoms with Gasteiger partial charge in [0.2, 0.25) is 5.88 Å². The Balaban J connectivity index is 1.53. The average Bonchev–Trinajstić information content (AvgIpc) is 3.26. The Bertz CT molecular complexity index is 1670. The number of alkyl halides is 2. The number of nitrogens with zero attached hydrogens (tertiary/aromatic N) is 5. The van der Waals surface area contributed by atoms with Gasteiger partial charge in [-0.3, -0.25) is 9.47 Å². The highest BCUT2D eigenvalue weighted by molar-refractivity contribution is 6.32. The molecule has 1 aliphatic rings. The van der Waals surface area contributed by atoms with Crippen LogP contribution in [0.25, 0.3) is 27.9 Å². The van der Waals surface area contributed by atoms with Crippen molar-refractivity contribution in [3.63, 3.8) is 0 Å². The molecule has 0 unspecified atom stereocenters. The van der Waals surface area contributed by atoms with Gasteiger partial charge in [0, 0.05) is 74.0 Å². The molecule has 8 nitrogen and oxygen atoms in total.